The number of fused-ring (bicyclic) bond motifs is 1. The topological polar surface area (TPSA) is 135 Å². The van der Waals surface area contributed by atoms with Crippen molar-refractivity contribution in [3.63, 3.8) is 0 Å². The molecule has 39 heavy (non-hydrogen) atoms. The molecule has 2 N–H and O–H groups in total. The van der Waals surface area contributed by atoms with Gasteiger partial charge in [-0.2, -0.15) is 0 Å². The summed E-state index contributed by atoms with van der Waals surface area (Å²) in [5, 5.41) is 5.46. The summed E-state index contributed by atoms with van der Waals surface area (Å²) in [6.45, 7) is 1.79. The standard InChI is InChI=1S/C27H25N7O4S/c1-17(35)30-15-25(36)33(2)19-5-6-21-20(12-19)31-27(34(21)11-9-18-4-3-10-28-13-18)32-26(37)24-8-7-23(39-24)22-14-29-16-38-22/h3-8,10,12-14,16H,9,11,15H2,1-2H3,(H,30,35)(H,31,32,37). The van der Waals surface area contributed by atoms with E-state index in [0.29, 0.717) is 40.8 Å². The highest BCUT2D eigenvalue weighted by Crippen LogP contribution is 2.29. The number of carbonyl (C=O) groups excluding carboxylic acids is 3. The number of aryl methyl sites for hydroxylation is 2. The molecular weight excluding hydrogens is 518 g/mol. The molecule has 198 valence electrons. The van der Waals surface area contributed by atoms with Gasteiger partial charge in [-0.3, -0.25) is 24.7 Å². The average molecular weight is 544 g/mol. The Balaban J connectivity index is 1.43. The summed E-state index contributed by atoms with van der Waals surface area (Å²) >= 11 is 1.29. The molecule has 0 saturated carbocycles. The van der Waals surface area contributed by atoms with Gasteiger partial charge in [0.15, 0.2) is 12.2 Å². The van der Waals surface area contributed by atoms with Crippen LogP contribution in [0.15, 0.2) is 71.9 Å². The number of likely N-dealkylation sites (N-methyl/N-ethyl adjacent to an activating group) is 1. The van der Waals surface area contributed by atoms with Gasteiger partial charge in [-0.05, 0) is 48.4 Å². The van der Waals surface area contributed by atoms with Gasteiger partial charge in [0.1, 0.15) is 0 Å². The molecule has 5 aromatic rings. The van der Waals surface area contributed by atoms with E-state index < -0.39 is 0 Å². The van der Waals surface area contributed by atoms with Crippen molar-refractivity contribution in [3.8, 4) is 10.6 Å². The molecule has 0 aliphatic carbocycles. The van der Waals surface area contributed by atoms with Crippen LogP contribution in [0.25, 0.3) is 21.7 Å². The molecule has 0 spiro atoms. The molecule has 0 bridgehead atoms. The molecule has 0 radical (unpaired) electrons. The van der Waals surface area contributed by atoms with E-state index in [1.807, 2.05) is 41.1 Å². The van der Waals surface area contributed by atoms with E-state index in [4.69, 9.17) is 9.40 Å². The van der Waals surface area contributed by atoms with E-state index in [1.165, 1.54) is 29.6 Å². The number of rotatable bonds is 9. The number of hydrogen-bond acceptors (Lipinski definition) is 8. The van der Waals surface area contributed by atoms with Crippen LogP contribution in [-0.4, -0.2) is 50.8 Å². The molecular formula is C27H25N7O4S. The lowest BCUT2D eigenvalue weighted by Crippen LogP contribution is -2.37. The van der Waals surface area contributed by atoms with Crippen molar-refractivity contribution in [1.29, 1.82) is 0 Å². The molecule has 0 unspecified atom stereocenters. The molecule has 4 heterocycles. The highest BCUT2D eigenvalue weighted by Gasteiger charge is 2.19. The van der Waals surface area contributed by atoms with Gasteiger partial charge in [-0.25, -0.2) is 9.97 Å². The Kier molecular flexibility index (Phi) is 7.46. The number of aromatic nitrogens is 4. The van der Waals surface area contributed by atoms with Crippen molar-refractivity contribution >= 4 is 51.7 Å². The van der Waals surface area contributed by atoms with Crippen molar-refractivity contribution in [3.05, 3.63) is 77.9 Å². The molecule has 4 aromatic heterocycles. The maximum atomic E-state index is 13.2. The number of amides is 3. The lowest BCUT2D eigenvalue weighted by atomic mass is 10.2. The molecule has 0 fully saturated rings. The number of nitrogens with one attached hydrogen (secondary N) is 2. The molecule has 11 nitrogen and oxygen atoms in total. The quantitative estimate of drug-likeness (QED) is 0.289. The van der Waals surface area contributed by atoms with Gasteiger partial charge in [0.05, 0.1) is 33.5 Å². The average Bonchev–Trinajstić information content (AvgIpc) is 3.70. The van der Waals surface area contributed by atoms with Crippen LogP contribution < -0.4 is 15.5 Å². The number of imidazole rings is 1. The van der Waals surface area contributed by atoms with Crippen LogP contribution >= 0.6 is 11.3 Å². The van der Waals surface area contributed by atoms with Gasteiger partial charge in [0.2, 0.25) is 17.8 Å². The van der Waals surface area contributed by atoms with E-state index in [2.05, 4.69) is 20.6 Å². The lowest BCUT2D eigenvalue weighted by molar-refractivity contribution is -0.123. The molecule has 5 rings (SSSR count). The minimum absolute atomic E-state index is 0.110. The van der Waals surface area contributed by atoms with Crippen LogP contribution in [0.1, 0.15) is 22.2 Å². The van der Waals surface area contributed by atoms with Gasteiger partial charge in [0.25, 0.3) is 5.91 Å². The fourth-order valence-electron chi connectivity index (χ4n) is 3.99. The van der Waals surface area contributed by atoms with E-state index >= 15 is 0 Å². The monoisotopic (exact) mass is 543 g/mol. The summed E-state index contributed by atoms with van der Waals surface area (Å²) in [5.41, 5.74) is 3.07. The molecule has 0 aliphatic heterocycles. The molecule has 0 saturated heterocycles. The number of hydrogen-bond donors (Lipinski definition) is 2. The molecule has 0 aliphatic rings. The second-order valence-electron chi connectivity index (χ2n) is 8.72. The summed E-state index contributed by atoms with van der Waals surface area (Å²) in [4.78, 5) is 52.5. The van der Waals surface area contributed by atoms with Crippen LogP contribution in [0.2, 0.25) is 0 Å². The first kappa shape index (κ1) is 25.8. The first-order chi connectivity index (χ1) is 18.9. The van der Waals surface area contributed by atoms with E-state index in [1.54, 1.807) is 31.6 Å². The number of anilines is 2. The summed E-state index contributed by atoms with van der Waals surface area (Å²) in [6.07, 6.45) is 7.15. The molecule has 3 amide bonds. The number of pyridine rings is 1. The second-order valence-corrected chi connectivity index (χ2v) is 9.80. The smallest absolute Gasteiger partial charge is 0.268 e. The first-order valence-corrected chi connectivity index (χ1v) is 12.9. The lowest BCUT2D eigenvalue weighted by Gasteiger charge is -2.17. The van der Waals surface area contributed by atoms with Crippen LogP contribution in [0.5, 0.6) is 0 Å². The SMILES string of the molecule is CC(=O)NCC(=O)N(C)c1ccc2c(c1)nc(NC(=O)c1ccc(-c3cnco3)s1)n2CCc1cccnc1. The third-order valence-corrected chi connectivity index (χ3v) is 7.16. The molecule has 0 atom stereocenters. The third-order valence-electron chi connectivity index (χ3n) is 6.06. The zero-order valence-corrected chi connectivity index (χ0v) is 22.1. The van der Waals surface area contributed by atoms with Crippen LogP contribution in [-0.2, 0) is 22.6 Å². The van der Waals surface area contributed by atoms with E-state index in [-0.39, 0.29) is 24.3 Å². The zero-order chi connectivity index (χ0) is 27.4. The van der Waals surface area contributed by atoms with Crippen LogP contribution in [0, 0.1) is 0 Å². The number of carbonyl (C=O) groups is 3. The summed E-state index contributed by atoms with van der Waals surface area (Å²) in [6, 6.07) is 12.9. The molecule has 1 aromatic carbocycles. The van der Waals surface area contributed by atoms with Crippen molar-refractivity contribution in [1.82, 2.24) is 24.8 Å². The Hall–Kier alpha value is -4.84. The van der Waals surface area contributed by atoms with Crippen molar-refractivity contribution in [2.75, 3.05) is 23.8 Å². The van der Waals surface area contributed by atoms with Crippen molar-refractivity contribution < 1.29 is 18.8 Å². The van der Waals surface area contributed by atoms with Gasteiger partial charge >= 0.3 is 0 Å². The maximum absolute atomic E-state index is 13.2. The Morgan fingerprint density at radius 3 is 2.72 bits per heavy atom. The second kappa shape index (κ2) is 11.3. The normalized spacial score (nSPS) is 10.9. The van der Waals surface area contributed by atoms with Gasteiger partial charge in [-0.1, -0.05) is 6.07 Å². The fourth-order valence-corrected chi connectivity index (χ4v) is 4.85. The van der Waals surface area contributed by atoms with Crippen LogP contribution in [0.4, 0.5) is 11.6 Å². The van der Waals surface area contributed by atoms with Gasteiger partial charge in [0, 0.05) is 38.6 Å². The number of oxazole rings is 1. The van der Waals surface area contributed by atoms with E-state index in [0.717, 1.165) is 16.0 Å². The van der Waals surface area contributed by atoms with Gasteiger partial charge < -0.3 is 19.2 Å². The summed E-state index contributed by atoms with van der Waals surface area (Å²) in [7, 11) is 1.64. The Bertz CT molecular complexity index is 1630. The minimum Gasteiger partial charge on any atom is -0.443 e. The zero-order valence-electron chi connectivity index (χ0n) is 21.2. The number of thiophene rings is 1. The predicted octanol–water partition coefficient (Wildman–Crippen LogP) is 3.74. The predicted molar refractivity (Wildman–Crippen MR) is 148 cm³/mol. The first-order valence-electron chi connectivity index (χ1n) is 12.1. The van der Waals surface area contributed by atoms with Crippen molar-refractivity contribution in [2.24, 2.45) is 0 Å². The third kappa shape index (κ3) is 5.85. The summed E-state index contributed by atoms with van der Waals surface area (Å²) < 4.78 is 7.27. The van der Waals surface area contributed by atoms with E-state index in [9.17, 15) is 14.4 Å². The van der Waals surface area contributed by atoms with Gasteiger partial charge in [-0.15, -0.1) is 11.3 Å². The largest absolute Gasteiger partial charge is 0.443 e. The maximum Gasteiger partial charge on any atom is 0.268 e. The molecule has 12 heteroatoms. The number of benzene rings is 1. The summed E-state index contributed by atoms with van der Waals surface area (Å²) in [5.74, 6) is 0.129. The van der Waals surface area contributed by atoms with Crippen molar-refractivity contribution in [2.45, 2.75) is 19.9 Å². The highest BCUT2D eigenvalue weighted by molar-refractivity contribution is 7.17. The number of nitrogens with zero attached hydrogens (tertiary/aromatic N) is 5. The minimum atomic E-state index is -0.300. The Morgan fingerprint density at radius 2 is 1.97 bits per heavy atom. The fraction of sp³-hybridized carbons (Fsp3) is 0.185. The Morgan fingerprint density at radius 1 is 1.10 bits per heavy atom. The highest BCUT2D eigenvalue weighted by atomic mass is 32.1. The Labute approximate surface area is 227 Å². The van der Waals surface area contributed by atoms with Crippen LogP contribution in [0.3, 0.4) is 0 Å².